The summed E-state index contributed by atoms with van der Waals surface area (Å²) in [6, 6.07) is 3.63. The summed E-state index contributed by atoms with van der Waals surface area (Å²) in [7, 11) is 0. The van der Waals surface area contributed by atoms with Gasteiger partial charge in [-0.15, -0.1) is 0 Å². The molecule has 0 atom stereocenters. The third-order valence-electron chi connectivity index (χ3n) is 3.67. The molecule has 24 heavy (non-hydrogen) atoms. The van der Waals surface area contributed by atoms with Crippen LogP contribution >= 0.6 is 0 Å². The van der Waals surface area contributed by atoms with Gasteiger partial charge in [-0.1, -0.05) is 40.0 Å². The van der Waals surface area contributed by atoms with E-state index in [0.717, 1.165) is 38.5 Å². The molecule has 0 aliphatic carbocycles. The zero-order chi connectivity index (χ0) is 17.8. The molecule has 0 bridgehead atoms. The first kappa shape index (κ1) is 20.3. The maximum absolute atomic E-state index is 12.1. The molecule has 0 aliphatic rings. The Morgan fingerprint density at radius 1 is 0.792 bits per heavy atom. The van der Waals surface area contributed by atoms with E-state index in [9.17, 15) is 4.79 Å². The SMILES string of the molecule is CCCCOc1cc(OCCCC)c(C(C)=O)c(OCCCC)c1. The van der Waals surface area contributed by atoms with Crippen molar-refractivity contribution in [1.82, 2.24) is 0 Å². The predicted octanol–water partition coefficient (Wildman–Crippen LogP) is 5.43. The van der Waals surface area contributed by atoms with Gasteiger partial charge in [-0.05, 0) is 26.2 Å². The average Bonchev–Trinajstić information content (AvgIpc) is 2.55. The van der Waals surface area contributed by atoms with Gasteiger partial charge in [-0.2, -0.15) is 0 Å². The second-order valence-electron chi connectivity index (χ2n) is 5.96. The summed E-state index contributed by atoms with van der Waals surface area (Å²) in [5.41, 5.74) is 0.519. The fourth-order valence-electron chi connectivity index (χ4n) is 2.21. The molecule has 0 saturated carbocycles. The van der Waals surface area contributed by atoms with Crippen LogP contribution in [0, 0.1) is 0 Å². The van der Waals surface area contributed by atoms with E-state index in [1.54, 1.807) is 6.92 Å². The van der Waals surface area contributed by atoms with E-state index in [-0.39, 0.29) is 5.78 Å². The van der Waals surface area contributed by atoms with Gasteiger partial charge in [0.2, 0.25) is 0 Å². The molecule has 0 radical (unpaired) electrons. The number of carbonyl (C=O) groups is 1. The summed E-state index contributed by atoms with van der Waals surface area (Å²) in [4.78, 5) is 12.1. The average molecular weight is 336 g/mol. The van der Waals surface area contributed by atoms with Crippen LogP contribution in [0.1, 0.15) is 76.6 Å². The monoisotopic (exact) mass is 336 g/mol. The van der Waals surface area contributed by atoms with Gasteiger partial charge in [0, 0.05) is 12.1 Å². The zero-order valence-corrected chi connectivity index (χ0v) is 15.7. The Labute approximate surface area is 146 Å². The molecule has 0 N–H and O–H groups in total. The van der Waals surface area contributed by atoms with Gasteiger partial charge in [0.15, 0.2) is 5.78 Å². The van der Waals surface area contributed by atoms with Gasteiger partial charge in [0.25, 0.3) is 0 Å². The molecule has 0 saturated heterocycles. The fraction of sp³-hybridized carbons (Fsp3) is 0.650. The van der Waals surface area contributed by atoms with Crippen LogP contribution < -0.4 is 14.2 Å². The lowest BCUT2D eigenvalue weighted by atomic mass is 10.1. The van der Waals surface area contributed by atoms with Crippen LogP contribution in [-0.4, -0.2) is 25.6 Å². The van der Waals surface area contributed by atoms with Crippen molar-refractivity contribution in [3.8, 4) is 17.2 Å². The van der Waals surface area contributed by atoms with Crippen molar-refractivity contribution in [3.05, 3.63) is 17.7 Å². The quantitative estimate of drug-likeness (QED) is 0.356. The minimum Gasteiger partial charge on any atom is -0.493 e. The third kappa shape index (κ3) is 6.81. The van der Waals surface area contributed by atoms with Crippen molar-refractivity contribution in [2.24, 2.45) is 0 Å². The number of hydrogen-bond acceptors (Lipinski definition) is 4. The number of rotatable bonds is 13. The van der Waals surface area contributed by atoms with Crippen molar-refractivity contribution >= 4 is 5.78 Å². The largest absolute Gasteiger partial charge is 0.493 e. The Morgan fingerprint density at radius 2 is 1.21 bits per heavy atom. The molecule has 1 aromatic rings. The molecular formula is C20H32O4. The number of ether oxygens (including phenoxy) is 3. The van der Waals surface area contributed by atoms with Gasteiger partial charge in [-0.25, -0.2) is 0 Å². The topological polar surface area (TPSA) is 44.8 Å². The molecule has 0 aliphatic heterocycles. The Kier molecular flexibility index (Phi) is 9.97. The van der Waals surface area contributed by atoms with Crippen LogP contribution in [-0.2, 0) is 0 Å². The van der Waals surface area contributed by atoms with Gasteiger partial charge in [0.05, 0.1) is 19.8 Å². The Morgan fingerprint density at radius 3 is 1.58 bits per heavy atom. The standard InChI is InChI=1S/C20H32O4/c1-5-8-11-22-17-14-18(23-12-9-6-2)20(16(4)21)19(15-17)24-13-10-7-3/h14-15H,5-13H2,1-4H3. The number of hydrogen-bond donors (Lipinski definition) is 0. The minimum atomic E-state index is -0.0481. The molecule has 136 valence electrons. The normalized spacial score (nSPS) is 10.5. The second-order valence-corrected chi connectivity index (χ2v) is 5.96. The van der Waals surface area contributed by atoms with Crippen LogP contribution in [0.15, 0.2) is 12.1 Å². The maximum atomic E-state index is 12.1. The van der Waals surface area contributed by atoms with Gasteiger partial charge in [-0.3, -0.25) is 4.79 Å². The number of Topliss-reactive ketones (excluding diaryl/α,β-unsaturated/α-hetero) is 1. The second kappa shape index (κ2) is 11.8. The molecule has 0 amide bonds. The highest BCUT2D eigenvalue weighted by molar-refractivity contribution is 6.00. The van der Waals surface area contributed by atoms with Gasteiger partial charge < -0.3 is 14.2 Å². The summed E-state index contributed by atoms with van der Waals surface area (Å²) >= 11 is 0. The van der Waals surface area contributed by atoms with E-state index in [1.807, 2.05) is 12.1 Å². The van der Waals surface area contributed by atoms with Crippen LogP contribution in [0.2, 0.25) is 0 Å². The highest BCUT2D eigenvalue weighted by Crippen LogP contribution is 2.35. The van der Waals surface area contributed by atoms with Crippen LogP contribution in [0.3, 0.4) is 0 Å². The first-order valence-corrected chi connectivity index (χ1v) is 9.21. The highest BCUT2D eigenvalue weighted by Gasteiger charge is 2.18. The molecule has 0 heterocycles. The van der Waals surface area contributed by atoms with E-state index >= 15 is 0 Å². The Balaban J connectivity index is 3.06. The number of ketones is 1. The fourth-order valence-corrected chi connectivity index (χ4v) is 2.21. The lowest BCUT2D eigenvalue weighted by molar-refractivity contribution is 0.100. The molecule has 4 nitrogen and oxygen atoms in total. The van der Waals surface area contributed by atoms with Gasteiger partial charge in [0.1, 0.15) is 22.8 Å². The molecule has 1 aromatic carbocycles. The van der Waals surface area contributed by atoms with Crippen LogP contribution in [0.4, 0.5) is 0 Å². The lowest BCUT2D eigenvalue weighted by Gasteiger charge is -2.17. The predicted molar refractivity (Wildman–Crippen MR) is 97.7 cm³/mol. The van der Waals surface area contributed by atoms with Crippen molar-refractivity contribution in [3.63, 3.8) is 0 Å². The van der Waals surface area contributed by atoms with E-state index in [1.165, 1.54) is 0 Å². The summed E-state index contributed by atoms with van der Waals surface area (Å²) < 4.78 is 17.5. The van der Waals surface area contributed by atoms with Crippen molar-refractivity contribution in [2.45, 2.75) is 66.2 Å². The number of unbranched alkanes of at least 4 members (excludes halogenated alkanes) is 3. The van der Waals surface area contributed by atoms with E-state index in [4.69, 9.17) is 14.2 Å². The summed E-state index contributed by atoms with van der Waals surface area (Å²) in [6.45, 7) is 9.72. The summed E-state index contributed by atoms with van der Waals surface area (Å²) in [5.74, 6) is 1.78. The van der Waals surface area contributed by atoms with Crippen LogP contribution in [0.5, 0.6) is 17.2 Å². The Hall–Kier alpha value is -1.71. The third-order valence-corrected chi connectivity index (χ3v) is 3.67. The van der Waals surface area contributed by atoms with E-state index in [0.29, 0.717) is 42.6 Å². The maximum Gasteiger partial charge on any atom is 0.167 e. The zero-order valence-electron chi connectivity index (χ0n) is 15.7. The van der Waals surface area contributed by atoms with Crippen molar-refractivity contribution < 1.29 is 19.0 Å². The molecule has 4 heteroatoms. The van der Waals surface area contributed by atoms with Gasteiger partial charge >= 0.3 is 0 Å². The lowest BCUT2D eigenvalue weighted by Crippen LogP contribution is -2.08. The van der Waals surface area contributed by atoms with Crippen LogP contribution in [0.25, 0.3) is 0 Å². The van der Waals surface area contributed by atoms with E-state index < -0.39 is 0 Å². The van der Waals surface area contributed by atoms with Crippen molar-refractivity contribution in [1.29, 1.82) is 0 Å². The number of carbonyl (C=O) groups excluding carboxylic acids is 1. The minimum absolute atomic E-state index is 0.0481. The Bertz CT molecular complexity index is 465. The van der Waals surface area contributed by atoms with E-state index in [2.05, 4.69) is 20.8 Å². The molecular weight excluding hydrogens is 304 g/mol. The number of benzene rings is 1. The molecule has 0 aromatic heterocycles. The summed E-state index contributed by atoms with van der Waals surface area (Å²) in [6.07, 6.45) is 6.05. The molecule has 0 spiro atoms. The first-order chi connectivity index (χ1) is 11.6. The van der Waals surface area contributed by atoms with Crippen molar-refractivity contribution in [2.75, 3.05) is 19.8 Å². The molecule has 0 unspecified atom stereocenters. The summed E-state index contributed by atoms with van der Waals surface area (Å²) in [5, 5.41) is 0. The first-order valence-electron chi connectivity index (χ1n) is 9.21. The highest BCUT2D eigenvalue weighted by atomic mass is 16.5. The molecule has 0 fully saturated rings. The molecule has 1 rings (SSSR count). The smallest absolute Gasteiger partial charge is 0.167 e.